The fourth-order valence-corrected chi connectivity index (χ4v) is 2.74. The lowest BCUT2D eigenvalue weighted by molar-refractivity contribution is -0.137. The number of benzene rings is 1. The zero-order valence-electron chi connectivity index (χ0n) is 15.4. The average molecular weight is 390 g/mol. The Morgan fingerprint density at radius 1 is 1.14 bits per heavy atom. The van der Waals surface area contributed by atoms with Crippen molar-refractivity contribution in [3.63, 3.8) is 0 Å². The molecule has 0 atom stereocenters. The van der Waals surface area contributed by atoms with Gasteiger partial charge >= 0.3 is 12.1 Å². The Kier molecular flexibility index (Phi) is 6.09. The molecular weight excluding hydrogens is 373 g/mol. The quantitative estimate of drug-likeness (QED) is 0.350. The van der Waals surface area contributed by atoms with E-state index < -0.39 is 23.5 Å². The molecule has 1 aromatic heterocycles. The van der Waals surface area contributed by atoms with Gasteiger partial charge in [-0.25, -0.2) is 4.79 Å². The first-order chi connectivity index (χ1) is 13.1. The second-order valence-corrected chi connectivity index (χ2v) is 5.96. The summed E-state index contributed by atoms with van der Waals surface area (Å²) in [4.78, 5) is 28.0. The summed E-state index contributed by atoms with van der Waals surface area (Å²) in [6, 6.07) is 5.80. The molecule has 0 aliphatic carbocycles. The summed E-state index contributed by atoms with van der Waals surface area (Å²) in [7, 11) is 0. The van der Waals surface area contributed by atoms with Crippen LogP contribution >= 0.6 is 0 Å². The van der Waals surface area contributed by atoms with Crippen molar-refractivity contribution in [3.05, 3.63) is 63.5 Å². The number of carbonyl (C=O) groups excluding carboxylic acids is 2. The summed E-state index contributed by atoms with van der Waals surface area (Å²) in [5.74, 6) is -1.41. The molecule has 0 fully saturated rings. The SMILES string of the molecule is CCOC(=O)c1c(C)[nH]c(C)c1C(=O)C(C#N)=Cc1ccc(C(F)(F)F)cc1. The van der Waals surface area contributed by atoms with Crippen LogP contribution in [0.15, 0.2) is 29.8 Å². The summed E-state index contributed by atoms with van der Waals surface area (Å²) in [5, 5.41) is 9.39. The molecule has 146 valence electrons. The Morgan fingerprint density at radius 3 is 2.21 bits per heavy atom. The minimum Gasteiger partial charge on any atom is -0.462 e. The molecule has 8 heteroatoms. The van der Waals surface area contributed by atoms with Gasteiger partial charge in [0.15, 0.2) is 0 Å². The lowest BCUT2D eigenvalue weighted by Crippen LogP contribution is -2.13. The van der Waals surface area contributed by atoms with Crippen LogP contribution in [0.25, 0.3) is 6.08 Å². The number of esters is 1. The highest BCUT2D eigenvalue weighted by Crippen LogP contribution is 2.29. The molecule has 1 aromatic carbocycles. The summed E-state index contributed by atoms with van der Waals surface area (Å²) in [6.07, 6.45) is -3.30. The standard InChI is InChI=1S/C20H17F3N2O3/c1-4-28-19(27)17-12(3)25-11(2)16(17)18(26)14(10-24)9-13-5-7-15(8-6-13)20(21,22)23/h5-9,25H,4H2,1-3H3. The van der Waals surface area contributed by atoms with Crippen LogP contribution in [0.3, 0.4) is 0 Å². The number of aryl methyl sites for hydroxylation is 2. The number of halogens is 3. The molecule has 5 nitrogen and oxygen atoms in total. The zero-order valence-corrected chi connectivity index (χ0v) is 15.4. The second kappa shape index (κ2) is 8.13. The van der Waals surface area contributed by atoms with E-state index in [0.717, 1.165) is 24.3 Å². The number of allylic oxidation sites excluding steroid dienone is 1. The molecular formula is C20H17F3N2O3. The summed E-state index contributed by atoms with van der Waals surface area (Å²) >= 11 is 0. The van der Waals surface area contributed by atoms with Crippen LogP contribution < -0.4 is 0 Å². The van der Waals surface area contributed by atoms with Gasteiger partial charge in [0.25, 0.3) is 0 Å². The van der Waals surface area contributed by atoms with Gasteiger partial charge in [0.2, 0.25) is 5.78 Å². The van der Waals surface area contributed by atoms with Crippen molar-refractivity contribution in [2.45, 2.75) is 26.9 Å². The molecule has 0 radical (unpaired) electrons. The molecule has 0 aliphatic rings. The van der Waals surface area contributed by atoms with E-state index in [-0.39, 0.29) is 28.9 Å². The van der Waals surface area contributed by atoms with E-state index in [4.69, 9.17) is 4.74 Å². The Morgan fingerprint density at radius 2 is 1.71 bits per heavy atom. The van der Waals surface area contributed by atoms with E-state index in [9.17, 15) is 28.0 Å². The first kappa shape index (κ1) is 21.0. The van der Waals surface area contributed by atoms with E-state index in [1.807, 2.05) is 0 Å². The number of nitriles is 1. The predicted octanol–water partition coefficient (Wildman–Crippen LogP) is 4.62. The highest BCUT2D eigenvalue weighted by molar-refractivity contribution is 6.19. The fourth-order valence-electron chi connectivity index (χ4n) is 2.74. The van der Waals surface area contributed by atoms with Gasteiger partial charge < -0.3 is 9.72 Å². The summed E-state index contributed by atoms with van der Waals surface area (Å²) in [6.45, 7) is 4.92. The first-order valence-corrected chi connectivity index (χ1v) is 8.30. The normalized spacial score (nSPS) is 11.8. The number of H-pyrrole nitrogens is 1. The molecule has 2 aromatic rings. The number of nitrogens with zero attached hydrogens (tertiary/aromatic N) is 1. The smallest absolute Gasteiger partial charge is 0.416 e. The number of alkyl halides is 3. The number of hydrogen-bond acceptors (Lipinski definition) is 4. The van der Waals surface area contributed by atoms with Crippen molar-refractivity contribution in [1.29, 1.82) is 5.26 Å². The lowest BCUT2D eigenvalue weighted by Gasteiger charge is -2.07. The van der Waals surface area contributed by atoms with Gasteiger partial charge in [0.1, 0.15) is 11.6 Å². The predicted molar refractivity (Wildman–Crippen MR) is 95.6 cm³/mol. The third kappa shape index (κ3) is 4.31. The van der Waals surface area contributed by atoms with Crippen molar-refractivity contribution >= 4 is 17.8 Å². The molecule has 1 heterocycles. The van der Waals surface area contributed by atoms with Gasteiger partial charge in [-0.2, -0.15) is 18.4 Å². The summed E-state index contributed by atoms with van der Waals surface area (Å²) in [5.41, 5.74) is -0.0390. The number of ether oxygens (including phenoxy) is 1. The van der Waals surface area contributed by atoms with E-state index in [2.05, 4.69) is 4.98 Å². The number of Topliss-reactive ketones (excluding diaryl/α,β-unsaturated/α-hetero) is 1. The monoisotopic (exact) mass is 390 g/mol. The maximum atomic E-state index is 12.9. The van der Waals surface area contributed by atoms with E-state index in [1.54, 1.807) is 26.8 Å². The van der Waals surface area contributed by atoms with Crippen LogP contribution in [0, 0.1) is 25.2 Å². The van der Waals surface area contributed by atoms with Crippen LogP contribution in [-0.4, -0.2) is 23.3 Å². The molecule has 0 amide bonds. The largest absolute Gasteiger partial charge is 0.462 e. The lowest BCUT2D eigenvalue weighted by atomic mass is 9.97. The first-order valence-electron chi connectivity index (χ1n) is 8.30. The maximum absolute atomic E-state index is 12.9. The molecule has 28 heavy (non-hydrogen) atoms. The van der Waals surface area contributed by atoms with E-state index in [1.165, 1.54) is 6.08 Å². The molecule has 0 aliphatic heterocycles. The number of nitrogens with one attached hydrogen (secondary N) is 1. The minimum atomic E-state index is -4.48. The van der Waals surface area contributed by atoms with Crippen LogP contribution in [0.4, 0.5) is 13.2 Å². The molecule has 0 saturated heterocycles. The zero-order chi connectivity index (χ0) is 21.1. The van der Waals surface area contributed by atoms with Crippen LogP contribution in [0.1, 0.15) is 50.2 Å². The fraction of sp³-hybridized carbons (Fsp3) is 0.250. The number of aromatic nitrogens is 1. The molecule has 0 spiro atoms. The van der Waals surface area contributed by atoms with Gasteiger partial charge in [-0.1, -0.05) is 12.1 Å². The van der Waals surface area contributed by atoms with Gasteiger partial charge in [-0.3, -0.25) is 4.79 Å². The highest BCUT2D eigenvalue weighted by atomic mass is 19.4. The Balaban J connectivity index is 2.46. The second-order valence-electron chi connectivity index (χ2n) is 5.96. The number of aromatic amines is 1. The number of rotatable bonds is 5. The van der Waals surface area contributed by atoms with Crippen molar-refractivity contribution < 1.29 is 27.5 Å². The van der Waals surface area contributed by atoms with Crippen LogP contribution in [0.5, 0.6) is 0 Å². The minimum absolute atomic E-state index is 0.00987. The van der Waals surface area contributed by atoms with Crippen LogP contribution in [-0.2, 0) is 10.9 Å². The topological polar surface area (TPSA) is 83.0 Å². The maximum Gasteiger partial charge on any atom is 0.416 e. The molecule has 0 saturated carbocycles. The molecule has 0 bridgehead atoms. The van der Waals surface area contributed by atoms with Crippen molar-refractivity contribution in [2.24, 2.45) is 0 Å². The number of ketones is 1. The van der Waals surface area contributed by atoms with Crippen LogP contribution in [0.2, 0.25) is 0 Å². The molecule has 2 rings (SSSR count). The Labute approximate surface area is 159 Å². The van der Waals surface area contributed by atoms with Crippen molar-refractivity contribution in [2.75, 3.05) is 6.61 Å². The highest BCUT2D eigenvalue weighted by Gasteiger charge is 2.30. The number of carbonyl (C=O) groups is 2. The molecule has 1 N–H and O–H groups in total. The third-order valence-corrected chi connectivity index (χ3v) is 4.00. The van der Waals surface area contributed by atoms with Crippen molar-refractivity contribution in [3.8, 4) is 6.07 Å². The van der Waals surface area contributed by atoms with Gasteiger partial charge in [0.05, 0.1) is 23.3 Å². The Hall–Kier alpha value is -3.34. The Bertz CT molecular complexity index is 978. The van der Waals surface area contributed by atoms with E-state index in [0.29, 0.717) is 11.4 Å². The third-order valence-electron chi connectivity index (χ3n) is 4.00. The van der Waals surface area contributed by atoms with Crippen molar-refractivity contribution in [1.82, 2.24) is 4.98 Å². The number of hydrogen-bond donors (Lipinski definition) is 1. The summed E-state index contributed by atoms with van der Waals surface area (Å²) < 4.78 is 42.9. The van der Waals surface area contributed by atoms with Gasteiger partial charge in [-0.05, 0) is 44.5 Å². The van der Waals surface area contributed by atoms with Gasteiger partial charge in [0, 0.05) is 11.4 Å². The average Bonchev–Trinajstić information content (AvgIpc) is 2.93. The molecule has 0 unspecified atom stereocenters. The van der Waals surface area contributed by atoms with Gasteiger partial charge in [-0.15, -0.1) is 0 Å². The van der Waals surface area contributed by atoms with E-state index >= 15 is 0 Å².